The van der Waals surface area contributed by atoms with Gasteiger partial charge in [0.15, 0.2) is 0 Å². The van der Waals surface area contributed by atoms with Gasteiger partial charge >= 0.3 is 0 Å². The van der Waals surface area contributed by atoms with Crippen molar-refractivity contribution < 1.29 is 8.42 Å². The summed E-state index contributed by atoms with van der Waals surface area (Å²) in [5.41, 5.74) is 0. The molecule has 2 nitrogen and oxygen atoms in total. The average molecular weight is 169 g/mol. The monoisotopic (exact) mass is 168 g/mol. The van der Waals surface area contributed by atoms with Gasteiger partial charge in [-0.3, -0.25) is 0 Å². The van der Waals surface area contributed by atoms with E-state index in [1.807, 2.05) is 6.92 Å². The molecule has 1 aliphatic carbocycles. The lowest BCUT2D eigenvalue weighted by Gasteiger charge is -2.01. The van der Waals surface area contributed by atoms with Crippen molar-refractivity contribution in [3.8, 4) is 0 Å². The molecule has 0 radical (unpaired) electrons. The lowest BCUT2D eigenvalue weighted by molar-refractivity contribution is 0.592. The minimum atomic E-state index is -3.31. The molecule has 1 fully saturated rings. The van der Waals surface area contributed by atoms with Crippen molar-refractivity contribution in [2.75, 3.05) is 0 Å². The normalized spacial score (nSPS) is 42.8. The molecule has 4 heteroatoms. The second kappa shape index (κ2) is 1.64. The summed E-state index contributed by atoms with van der Waals surface area (Å²) in [6.45, 7) is 3.57. The fourth-order valence-electron chi connectivity index (χ4n) is 0.889. The van der Waals surface area contributed by atoms with Gasteiger partial charge < -0.3 is 0 Å². The summed E-state index contributed by atoms with van der Waals surface area (Å²) in [6, 6.07) is 0. The Kier molecular flexibility index (Phi) is 1.34. The maximum absolute atomic E-state index is 10.7. The summed E-state index contributed by atoms with van der Waals surface area (Å²) in [4.78, 5) is 0. The molecule has 54 valence electrons. The Hall–Kier alpha value is 0.240. The van der Waals surface area contributed by atoms with Crippen LogP contribution in [0.1, 0.15) is 20.3 Å². The molecule has 2 atom stereocenters. The standard InChI is InChI=1S/C5H9ClO2S/c1-4-3-5(4,2)9(6,7)8/h4H,3H2,1-2H3/t4-,5-/m1/s1. The highest BCUT2D eigenvalue weighted by molar-refractivity contribution is 8.15. The van der Waals surface area contributed by atoms with E-state index in [1.165, 1.54) is 0 Å². The highest BCUT2D eigenvalue weighted by Gasteiger charge is 2.56. The van der Waals surface area contributed by atoms with Crippen molar-refractivity contribution in [3.63, 3.8) is 0 Å². The van der Waals surface area contributed by atoms with E-state index < -0.39 is 13.8 Å². The van der Waals surface area contributed by atoms with Gasteiger partial charge in [0.2, 0.25) is 9.05 Å². The molecule has 0 bridgehead atoms. The summed E-state index contributed by atoms with van der Waals surface area (Å²) >= 11 is 0. The van der Waals surface area contributed by atoms with E-state index >= 15 is 0 Å². The quantitative estimate of drug-likeness (QED) is 0.554. The third kappa shape index (κ3) is 0.964. The van der Waals surface area contributed by atoms with Gasteiger partial charge in [0.1, 0.15) is 0 Å². The zero-order chi connectivity index (χ0) is 7.28. The molecular weight excluding hydrogens is 160 g/mol. The van der Waals surface area contributed by atoms with Crippen molar-refractivity contribution in [1.82, 2.24) is 0 Å². The van der Waals surface area contributed by atoms with Crippen LogP contribution in [0, 0.1) is 5.92 Å². The zero-order valence-corrected chi connectivity index (χ0v) is 6.96. The second-order valence-electron chi connectivity index (χ2n) is 2.86. The predicted molar refractivity (Wildman–Crippen MR) is 37.0 cm³/mol. The van der Waals surface area contributed by atoms with Gasteiger partial charge in [0.25, 0.3) is 0 Å². The molecule has 1 saturated carbocycles. The van der Waals surface area contributed by atoms with Crippen LogP contribution in [0.4, 0.5) is 0 Å². The topological polar surface area (TPSA) is 34.1 Å². The molecule has 0 aliphatic heterocycles. The van der Waals surface area contributed by atoms with Crippen LogP contribution in [-0.4, -0.2) is 13.2 Å². The number of hydrogen-bond donors (Lipinski definition) is 0. The summed E-state index contributed by atoms with van der Waals surface area (Å²) in [6.07, 6.45) is 0.707. The highest BCUT2D eigenvalue weighted by atomic mass is 35.7. The Morgan fingerprint density at radius 2 is 2.00 bits per heavy atom. The average Bonchev–Trinajstić information content (AvgIpc) is 2.13. The Morgan fingerprint density at radius 3 is 2.00 bits per heavy atom. The van der Waals surface area contributed by atoms with E-state index in [0.29, 0.717) is 6.42 Å². The Bertz CT molecular complexity index is 221. The van der Waals surface area contributed by atoms with Gasteiger partial charge in [0, 0.05) is 10.7 Å². The van der Waals surface area contributed by atoms with Crippen LogP contribution in [0.15, 0.2) is 0 Å². The molecule has 1 aliphatic rings. The van der Waals surface area contributed by atoms with Gasteiger partial charge in [-0.1, -0.05) is 6.92 Å². The minimum absolute atomic E-state index is 0.236. The summed E-state index contributed by atoms with van der Waals surface area (Å²) in [7, 11) is 1.83. The van der Waals surface area contributed by atoms with Crippen LogP contribution in [0.2, 0.25) is 0 Å². The van der Waals surface area contributed by atoms with Crippen molar-refractivity contribution in [1.29, 1.82) is 0 Å². The number of hydrogen-bond acceptors (Lipinski definition) is 2. The van der Waals surface area contributed by atoms with E-state index in [9.17, 15) is 8.42 Å². The number of rotatable bonds is 1. The van der Waals surface area contributed by atoms with Crippen LogP contribution < -0.4 is 0 Å². The fourth-order valence-corrected chi connectivity index (χ4v) is 2.46. The first kappa shape index (κ1) is 7.35. The van der Waals surface area contributed by atoms with E-state index in [2.05, 4.69) is 0 Å². The molecule has 0 aromatic heterocycles. The lowest BCUT2D eigenvalue weighted by Crippen LogP contribution is -2.14. The van der Waals surface area contributed by atoms with E-state index in [1.54, 1.807) is 6.92 Å². The smallest absolute Gasteiger partial charge is 0.212 e. The van der Waals surface area contributed by atoms with Gasteiger partial charge in [-0.25, -0.2) is 8.42 Å². The molecule has 0 aromatic carbocycles. The molecule has 0 heterocycles. The van der Waals surface area contributed by atoms with Gasteiger partial charge in [-0.05, 0) is 19.3 Å². The van der Waals surface area contributed by atoms with Gasteiger partial charge in [0.05, 0.1) is 4.75 Å². The SMILES string of the molecule is C[C@@H]1C[C@@]1(C)S(=O)(=O)Cl. The minimum Gasteiger partial charge on any atom is -0.212 e. The van der Waals surface area contributed by atoms with E-state index in [0.717, 1.165) is 0 Å². The Balaban J connectivity index is 2.90. The molecule has 1 rings (SSSR count). The second-order valence-corrected chi connectivity index (χ2v) is 5.88. The first-order valence-electron chi connectivity index (χ1n) is 2.82. The maximum Gasteiger partial charge on any atom is 0.238 e. The van der Waals surface area contributed by atoms with Crippen LogP contribution in [0.25, 0.3) is 0 Å². The summed E-state index contributed by atoms with van der Waals surface area (Å²) in [5.74, 6) is 0.236. The van der Waals surface area contributed by atoms with E-state index in [-0.39, 0.29) is 5.92 Å². The molecule has 0 amide bonds. The Labute approximate surface area is 59.6 Å². The first-order chi connectivity index (χ1) is 3.88. The van der Waals surface area contributed by atoms with Crippen LogP contribution >= 0.6 is 10.7 Å². The maximum atomic E-state index is 10.7. The van der Waals surface area contributed by atoms with Crippen LogP contribution in [0.3, 0.4) is 0 Å². The molecule has 0 N–H and O–H groups in total. The zero-order valence-electron chi connectivity index (χ0n) is 5.39. The molecule has 0 saturated heterocycles. The third-order valence-corrected chi connectivity index (χ3v) is 4.89. The summed E-state index contributed by atoms with van der Waals surface area (Å²) < 4.78 is 20.8. The fraction of sp³-hybridized carbons (Fsp3) is 1.00. The first-order valence-corrected chi connectivity index (χ1v) is 5.13. The predicted octanol–water partition coefficient (Wildman–Crippen LogP) is 1.35. The van der Waals surface area contributed by atoms with Crippen molar-refractivity contribution >= 4 is 19.7 Å². The third-order valence-electron chi connectivity index (χ3n) is 2.15. The molecule has 9 heavy (non-hydrogen) atoms. The summed E-state index contributed by atoms with van der Waals surface area (Å²) in [5, 5.41) is 0. The largest absolute Gasteiger partial charge is 0.238 e. The van der Waals surface area contributed by atoms with Crippen LogP contribution in [-0.2, 0) is 9.05 Å². The molecular formula is C5H9ClO2S. The van der Waals surface area contributed by atoms with Gasteiger partial charge in [-0.15, -0.1) is 0 Å². The lowest BCUT2D eigenvalue weighted by atomic mass is 10.4. The Morgan fingerprint density at radius 1 is 1.67 bits per heavy atom. The molecule has 0 spiro atoms. The van der Waals surface area contributed by atoms with Crippen molar-refractivity contribution in [3.05, 3.63) is 0 Å². The molecule has 0 unspecified atom stereocenters. The number of halogens is 1. The molecule has 0 aromatic rings. The highest BCUT2D eigenvalue weighted by Crippen LogP contribution is 2.50. The van der Waals surface area contributed by atoms with Crippen LogP contribution in [0.5, 0.6) is 0 Å². The van der Waals surface area contributed by atoms with Crippen molar-refractivity contribution in [2.45, 2.75) is 25.0 Å². The van der Waals surface area contributed by atoms with E-state index in [4.69, 9.17) is 10.7 Å². The van der Waals surface area contributed by atoms with Gasteiger partial charge in [-0.2, -0.15) is 0 Å². The van der Waals surface area contributed by atoms with Crippen molar-refractivity contribution in [2.24, 2.45) is 5.92 Å².